The minimum absolute atomic E-state index is 0.0654. The molecule has 2 aromatic rings. The molecule has 0 aliphatic heterocycles. The van der Waals surface area contributed by atoms with Crippen LogP contribution in [0.15, 0.2) is 45.6 Å². The van der Waals surface area contributed by atoms with E-state index in [-0.39, 0.29) is 12.5 Å². The monoisotopic (exact) mass is 367 g/mol. The van der Waals surface area contributed by atoms with Gasteiger partial charge in [-0.1, -0.05) is 22.0 Å². The van der Waals surface area contributed by atoms with E-state index in [0.717, 1.165) is 17.3 Å². The number of amides is 1. The molecule has 5 heteroatoms. The fourth-order valence-electron chi connectivity index (χ4n) is 2.23. The summed E-state index contributed by atoms with van der Waals surface area (Å²) in [4.78, 5) is 12.0. The lowest BCUT2D eigenvalue weighted by molar-refractivity contribution is 0.0952. The summed E-state index contributed by atoms with van der Waals surface area (Å²) in [5, 5.41) is 16.3. The first-order valence-corrected chi connectivity index (χ1v) is 8.61. The Morgan fingerprint density at radius 1 is 1.33 bits per heavy atom. The minimum Gasteiger partial charge on any atom is -0.396 e. The molecule has 0 bridgehead atoms. The lowest BCUT2D eigenvalue weighted by atomic mass is 9.95. The zero-order valence-electron chi connectivity index (χ0n) is 11.6. The molecule has 3 nitrogen and oxygen atoms in total. The van der Waals surface area contributed by atoms with Crippen LogP contribution in [0.4, 0.5) is 0 Å². The van der Waals surface area contributed by atoms with Crippen molar-refractivity contribution in [1.82, 2.24) is 5.32 Å². The van der Waals surface area contributed by atoms with Crippen molar-refractivity contribution in [3.8, 4) is 0 Å². The minimum atomic E-state index is -0.0654. The molecular weight excluding hydrogens is 350 g/mol. The van der Waals surface area contributed by atoms with Crippen LogP contribution in [0.3, 0.4) is 0 Å². The van der Waals surface area contributed by atoms with Crippen molar-refractivity contribution in [3.63, 3.8) is 0 Å². The van der Waals surface area contributed by atoms with E-state index < -0.39 is 0 Å². The van der Waals surface area contributed by atoms with Crippen LogP contribution in [-0.4, -0.2) is 24.2 Å². The van der Waals surface area contributed by atoms with E-state index in [4.69, 9.17) is 5.11 Å². The predicted molar refractivity (Wildman–Crippen MR) is 89.9 cm³/mol. The van der Waals surface area contributed by atoms with Gasteiger partial charge in [0, 0.05) is 23.2 Å². The van der Waals surface area contributed by atoms with E-state index >= 15 is 0 Å². The highest BCUT2D eigenvalue weighted by Gasteiger charge is 2.12. The quantitative estimate of drug-likeness (QED) is 0.781. The molecule has 21 heavy (non-hydrogen) atoms. The second-order valence-electron chi connectivity index (χ2n) is 4.82. The fourth-order valence-corrected chi connectivity index (χ4v) is 3.37. The normalized spacial score (nSPS) is 12.1. The largest absolute Gasteiger partial charge is 0.396 e. The first kappa shape index (κ1) is 16.2. The van der Waals surface area contributed by atoms with Crippen LogP contribution in [0.5, 0.6) is 0 Å². The van der Waals surface area contributed by atoms with Gasteiger partial charge < -0.3 is 10.4 Å². The molecule has 0 fully saturated rings. The van der Waals surface area contributed by atoms with Crippen molar-refractivity contribution in [3.05, 3.63) is 56.7 Å². The lowest BCUT2D eigenvalue weighted by Crippen LogP contribution is -2.25. The Hall–Kier alpha value is -1.17. The average Bonchev–Trinajstić information content (AvgIpc) is 3.00. The van der Waals surface area contributed by atoms with E-state index in [0.29, 0.717) is 18.0 Å². The maximum atomic E-state index is 12.0. The summed E-state index contributed by atoms with van der Waals surface area (Å²) in [6.45, 7) is 0.770. The third kappa shape index (κ3) is 4.95. The molecule has 0 unspecified atom stereocenters. The number of halogens is 1. The van der Waals surface area contributed by atoms with Gasteiger partial charge in [-0.05, 0) is 59.3 Å². The summed E-state index contributed by atoms with van der Waals surface area (Å²) < 4.78 is 0.895. The second kappa shape index (κ2) is 8.32. The molecule has 0 aliphatic carbocycles. The molecule has 0 saturated carbocycles. The Labute approximate surface area is 137 Å². The highest BCUT2D eigenvalue weighted by atomic mass is 79.9. The fraction of sp³-hybridized carbons (Fsp3) is 0.312. The van der Waals surface area contributed by atoms with E-state index in [2.05, 4.69) is 32.7 Å². The van der Waals surface area contributed by atoms with Gasteiger partial charge in [-0.2, -0.15) is 11.3 Å². The molecule has 1 amide bonds. The number of carbonyl (C=O) groups is 1. The summed E-state index contributed by atoms with van der Waals surface area (Å²) in [7, 11) is 0. The van der Waals surface area contributed by atoms with Crippen molar-refractivity contribution in [2.45, 2.75) is 18.8 Å². The molecule has 0 saturated heterocycles. The maximum absolute atomic E-state index is 12.0. The van der Waals surface area contributed by atoms with Crippen molar-refractivity contribution in [1.29, 1.82) is 0 Å². The number of rotatable bonds is 7. The van der Waals surface area contributed by atoms with Crippen LogP contribution in [0.2, 0.25) is 0 Å². The van der Waals surface area contributed by atoms with Crippen molar-refractivity contribution in [2.75, 3.05) is 13.2 Å². The lowest BCUT2D eigenvalue weighted by Gasteiger charge is -2.15. The van der Waals surface area contributed by atoms with E-state index in [9.17, 15) is 4.79 Å². The summed E-state index contributed by atoms with van der Waals surface area (Å²) >= 11 is 5.02. The molecule has 112 valence electrons. The molecule has 0 radical (unpaired) electrons. The van der Waals surface area contributed by atoms with Gasteiger partial charge in [0.05, 0.1) is 0 Å². The van der Waals surface area contributed by atoms with E-state index in [1.165, 1.54) is 5.56 Å². The highest BCUT2D eigenvalue weighted by molar-refractivity contribution is 9.10. The number of thiophene rings is 1. The van der Waals surface area contributed by atoms with Gasteiger partial charge in [0.2, 0.25) is 0 Å². The third-order valence-corrected chi connectivity index (χ3v) is 4.55. The summed E-state index contributed by atoms with van der Waals surface area (Å²) in [6.07, 6.45) is 1.56. The number of benzene rings is 1. The Kier molecular flexibility index (Phi) is 6.42. The summed E-state index contributed by atoms with van der Waals surface area (Å²) in [5.74, 6) is 0.230. The Morgan fingerprint density at radius 2 is 2.19 bits per heavy atom. The van der Waals surface area contributed by atoms with Gasteiger partial charge in [0.1, 0.15) is 0 Å². The Morgan fingerprint density at radius 3 is 2.86 bits per heavy atom. The number of aliphatic hydroxyl groups excluding tert-OH is 1. The first-order valence-electron chi connectivity index (χ1n) is 6.87. The van der Waals surface area contributed by atoms with Gasteiger partial charge in [0.15, 0.2) is 0 Å². The molecule has 1 atom stereocenters. The predicted octanol–water partition coefficient (Wildman–Crippen LogP) is 3.80. The maximum Gasteiger partial charge on any atom is 0.251 e. The molecular formula is C16H18BrNO2S. The van der Waals surface area contributed by atoms with E-state index in [1.54, 1.807) is 23.5 Å². The van der Waals surface area contributed by atoms with Crippen LogP contribution < -0.4 is 5.32 Å². The Balaban J connectivity index is 1.86. The number of nitrogens with one attached hydrogen (secondary N) is 1. The van der Waals surface area contributed by atoms with Crippen LogP contribution in [-0.2, 0) is 0 Å². The third-order valence-electron chi connectivity index (χ3n) is 3.36. The molecule has 2 N–H and O–H groups in total. The number of hydrogen-bond donors (Lipinski definition) is 2. The van der Waals surface area contributed by atoms with Crippen LogP contribution in [0, 0.1) is 0 Å². The molecule has 0 aliphatic rings. The second-order valence-corrected chi connectivity index (χ2v) is 6.52. The van der Waals surface area contributed by atoms with Crippen molar-refractivity contribution < 1.29 is 9.90 Å². The molecule has 1 heterocycles. The molecule has 1 aromatic heterocycles. The smallest absolute Gasteiger partial charge is 0.251 e. The molecule has 1 aromatic carbocycles. The molecule has 2 rings (SSSR count). The number of aliphatic hydroxyl groups is 1. The van der Waals surface area contributed by atoms with Gasteiger partial charge >= 0.3 is 0 Å². The van der Waals surface area contributed by atoms with Crippen LogP contribution in [0.25, 0.3) is 0 Å². The average molecular weight is 368 g/mol. The highest BCUT2D eigenvalue weighted by Crippen LogP contribution is 2.24. The summed E-state index contributed by atoms with van der Waals surface area (Å²) in [6, 6.07) is 9.42. The molecule has 0 spiro atoms. The van der Waals surface area contributed by atoms with Crippen molar-refractivity contribution >= 4 is 33.2 Å². The van der Waals surface area contributed by atoms with Crippen LogP contribution in [0.1, 0.15) is 34.7 Å². The zero-order valence-corrected chi connectivity index (χ0v) is 14.0. The topological polar surface area (TPSA) is 49.3 Å². The number of hydrogen-bond acceptors (Lipinski definition) is 3. The van der Waals surface area contributed by atoms with E-state index in [1.807, 2.05) is 17.5 Å². The summed E-state index contributed by atoms with van der Waals surface area (Å²) in [5.41, 5.74) is 1.89. The first-order chi connectivity index (χ1) is 10.2. The van der Waals surface area contributed by atoms with Gasteiger partial charge in [0.25, 0.3) is 5.91 Å². The Bertz CT molecular complexity index is 571. The zero-order chi connectivity index (χ0) is 15.1. The number of carbonyl (C=O) groups excluding carboxylic acids is 1. The van der Waals surface area contributed by atoms with Crippen LogP contribution >= 0.6 is 27.3 Å². The SMILES string of the molecule is O=C(NCC[C@H](CCO)c1ccsc1)c1cccc(Br)c1. The van der Waals surface area contributed by atoms with Crippen molar-refractivity contribution in [2.24, 2.45) is 0 Å². The van der Waals surface area contributed by atoms with Gasteiger partial charge in [-0.3, -0.25) is 4.79 Å². The standard InChI is InChI=1S/C16H18BrNO2S/c17-15-3-1-2-13(10-15)16(20)18-7-4-12(5-8-19)14-6-9-21-11-14/h1-3,6,9-12,19H,4-5,7-8H2,(H,18,20)/t12-/m1/s1. The van der Waals surface area contributed by atoms with Gasteiger partial charge in [-0.15, -0.1) is 0 Å². The van der Waals surface area contributed by atoms with Gasteiger partial charge in [-0.25, -0.2) is 0 Å².